The zero-order valence-corrected chi connectivity index (χ0v) is 14.8. The van der Waals surface area contributed by atoms with Crippen LogP contribution in [0.4, 0.5) is 13.2 Å². The fourth-order valence-electron chi connectivity index (χ4n) is 2.87. The van der Waals surface area contributed by atoms with Gasteiger partial charge in [0, 0.05) is 18.2 Å². The number of nitrogens with zero attached hydrogens (tertiary/aromatic N) is 2. The molecular formula is C17H19F3N4O3. The Hall–Kier alpha value is -2.65. The van der Waals surface area contributed by atoms with Crippen LogP contribution in [0.3, 0.4) is 0 Å². The molecule has 1 aliphatic carbocycles. The molecular weight excluding hydrogens is 365 g/mol. The molecule has 10 heteroatoms. The van der Waals surface area contributed by atoms with E-state index in [9.17, 15) is 27.6 Å². The lowest BCUT2D eigenvalue weighted by molar-refractivity contribution is -0.123. The number of alkyl halides is 3. The number of pyridine rings is 1. The summed E-state index contributed by atoms with van der Waals surface area (Å²) >= 11 is 0. The number of H-pyrrole nitrogens is 1. The van der Waals surface area contributed by atoms with E-state index in [1.54, 1.807) is 5.32 Å². The van der Waals surface area contributed by atoms with Gasteiger partial charge in [-0.15, -0.1) is 0 Å². The molecule has 2 heterocycles. The molecule has 0 aliphatic heterocycles. The number of aromatic nitrogens is 3. The summed E-state index contributed by atoms with van der Waals surface area (Å²) in [4.78, 5) is 43.5. The molecule has 2 aromatic rings. The molecule has 3 rings (SSSR count). The number of aromatic amines is 1. The second-order valence-electron chi connectivity index (χ2n) is 7.13. The summed E-state index contributed by atoms with van der Waals surface area (Å²) in [6, 6.07) is 1.35. The van der Waals surface area contributed by atoms with Crippen LogP contribution in [0, 0.1) is 5.92 Å². The predicted octanol–water partition coefficient (Wildman–Crippen LogP) is 1.91. The normalized spacial score (nSPS) is 14.7. The zero-order valence-electron chi connectivity index (χ0n) is 14.8. The number of halogens is 3. The van der Waals surface area contributed by atoms with Gasteiger partial charge in [-0.05, 0) is 24.8 Å². The first-order valence-corrected chi connectivity index (χ1v) is 8.59. The van der Waals surface area contributed by atoms with E-state index < -0.39 is 29.9 Å². The highest BCUT2D eigenvalue weighted by Crippen LogP contribution is 2.39. The molecule has 1 fully saturated rings. The summed E-state index contributed by atoms with van der Waals surface area (Å²) in [5.41, 5.74) is -1.18. The van der Waals surface area contributed by atoms with Crippen molar-refractivity contribution in [3.63, 3.8) is 0 Å². The second kappa shape index (κ2) is 6.82. The van der Waals surface area contributed by atoms with Crippen molar-refractivity contribution in [2.24, 2.45) is 5.92 Å². The Labute approximate surface area is 151 Å². The van der Waals surface area contributed by atoms with E-state index in [0.29, 0.717) is 5.69 Å². The number of nitrogens with one attached hydrogen (secondary N) is 2. The van der Waals surface area contributed by atoms with Gasteiger partial charge in [0.05, 0.1) is 10.9 Å². The van der Waals surface area contributed by atoms with Crippen LogP contribution in [-0.4, -0.2) is 33.2 Å². The number of amides is 1. The van der Waals surface area contributed by atoms with Gasteiger partial charge in [0.1, 0.15) is 6.54 Å². The van der Waals surface area contributed by atoms with Gasteiger partial charge in [0.25, 0.3) is 11.5 Å². The molecule has 0 unspecified atom stereocenters. The highest BCUT2D eigenvalue weighted by molar-refractivity contribution is 6.05. The van der Waals surface area contributed by atoms with Crippen LogP contribution in [0.15, 0.2) is 15.7 Å². The molecule has 2 N–H and O–H groups in total. The number of carbonyl (C=O) groups excluding carboxylic acids is 1. The summed E-state index contributed by atoms with van der Waals surface area (Å²) in [7, 11) is 0. The first-order valence-electron chi connectivity index (χ1n) is 8.59. The van der Waals surface area contributed by atoms with Gasteiger partial charge in [0.2, 0.25) is 0 Å². The second-order valence-corrected chi connectivity index (χ2v) is 7.13. The zero-order chi connectivity index (χ0) is 19.9. The molecule has 0 bridgehead atoms. The Morgan fingerprint density at radius 3 is 2.59 bits per heavy atom. The number of fused-ring (bicyclic) bond motifs is 1. The van der Waals surface area contributed by atoms with E-state index in [-0.39, 0.29) is 35.0 Å². The van der Waals surface area contributed by atoms with Crippen molar-refractivity contribution in [3.05, 3.63) is 38.2 Å². The first-order chi connectivity index (χ1) is 12.6. The van der Waals surface area contributed by atoms with Crippen molar-refractivity contribution >= 4 is 16.9 Å². The highest BCUT2D eigenvalue weighted by atomic mass is 19.4. The van der Waals surface area contributed by atoms with Crippen LogP contribution in [0.1, 0.15) is 48.7 Å². The van der Waals surface area contributed by atoms with Crippen LogP contribution in [0.25, 0.3) is 11.0 Å². The van der Waals surface area contributed by atoms with Crippen LogP contribution < -0.4 is 16.6 Å². The Morgan fingerprint density at radius 2 is 2.04 bits per heavy atom. The maximum absolute atomic E-state index is 12.5. The average molecular weight is 384 g/mol. The van der Waals surface area contributed by atoms with Gasteiger partial charge in [-0.3, -0.25) is 19.1 Å². The van der Waals surface area contributed by atoms with Gasteiger partial charge in [-0.1, -0.05) is 13.8 Å². The van der Waals surface area contributed by atoms with Crippen molar-refractivity contribution < 1.29 is 18.0 Å². The Kier molecular flexibility index (Phi) is 4.83. The maximum atomic E-state index is 12.5. The quantitative estimate of drug-likeness (QED) is 0.823. The van der Waals surface area contributed by atoms with Crippen molar-refractivity contribution in [1.29, 1.82) is 0 Å². The molecule has 27 heavy (non-hydrogen) atoms. The average Bonchev–Trinajstić information content (AvgIpc) is 3.39. The molecule has 0 saturated heterocycles. The fraction of sp³-hybridized carbons (Fsp3) is 0.529. The Morgan fingerprint density at radius 1 is 1.37 bits per heavy atom. The summed E-state index contributed by atoms with van der Waals surface area (Å²) < 4.78 is 38.6. The number of carbonyl (C=O) groups is 1. The monoisotopic (exact) mass is 384 g/mol. The third kappa shape index (κ3) is 4.20. The molecule has 0 spiro atoms. The predicted molar refractivity (Wildman–Crippen MR) is 91.8 cm³/mol. The SMILES string of the molecule is CC(C)Cn1c(=O)[nH]c(=O)c2c(C(=O)NCC(F)(F)F)cc(C3CC3)nc21. The lowest BCUT2D eigenvalue weighted by atomic mass is 10.1. The molecule has 0 radical (unpaired) electrons. The molecule has 7 nitrogen and oxygen atoms in total. The number of hydrogen-bond acceptors (Lipinski definition) is 4. The van der Waals surface area contributed by atoms with Crippen LogP contribution >= 0.6 is 0 Å². The van der Waals surface area contributed by atoms with E-state index >= 15 is 0 Å². The first kappa shape index (κ1) is 19.1. The van der Waals surface area contributed by atoms with Gasteiger partial charge in [-0.2, -0.15) is 13.2 Å². The third-order valence-electron chi connectivity index (χ3n) is 4.21. The summed E-state index contributed by atoms with van der Waals surface area (Å²) in [5, 5.41) is 1.61. The van der Waals surface area contributed by atoms with Gasteiger partial charge < -0.3 is 5.32 Å². The van der Waals surface area contributed by atoms with E-state index in [0.717, 1.165) is 12.8 Å². The van der Waals surface area contributed by atoms with E-state index in [1.165, 1.54) is 10.6 Å². The minimum atomic E-state index is -4.58. The number of hydrogen-bond donors (Lipinski definition) is 2. The lowest BCUT2D eigenvalue weighted by Gasteiger charge is -2.15. The standard InChI is InChI=1S/C17H19F3N4O3/c1-8(2)6-24-13-12(15(26)23-16(24)27)10(5-11(22-13)9-3-4-9)14(25)21-7-17(18,19)20/h5,8-9H,3-4,6-7H2,1-2H3,(H,21,25)(H,23,26,27). The molecule has 0 atom stereocenters. The maximum Gasteiger partial charge on any atom is 0.405 e. The molecule has 146 valence electrons. The minimum absolute atomic E-state index is 0.0269. The fourth-order valence-corrected chi connectivity index (χ4v) is 2.87. The van der Waals surface area contributed by atoms with Crippen LogP contribution in [0.5, 0.6) is 0 Å². The minimum Gasteiger partial charge on any atom is -0.343 e. The summed E-state index contributed by atoms with van der Waals surface area (Å²) in [6.45, 7) is 2.46. The van der Waals surface area contributed by atoms with Gasteiger partial charge in [-0.25, -0.2) is 9.78 Å². The Bertz CT molecular complexity index is 1000. The van der Waals surface area contributed by atoms with Gasteiger partial charge in [0.15, 0.2) is 5.65 Å². The largest absolute Gasteiger partial charge is 0.405 e. The molecule has 0 aromatic carbocycles. The van der Waals surface area contributed by atoms with E-state index in [1.807, 2.05) is 13.8 Å². The summed E-state index contributed by atoms with van der Waals surface area (Å²) in [5.74, 6) is -0.905. The summed E-state index contributed by atoms with van der Waals surface area (Å²) in [6.07, 6.45) is -2.91. The number of rotatable bonds is 5. The van der Waals surface area contributed by atoms with E-state index in [4.69, 9.17) is 0 Å². The topological polar surface area (TPSA) is 96.9 Å². The highest BCUT2D eigenvalue weighted by Gasteiger charge is 2.31. The third-order valence-corrected chi connectivity index (χ3v) is 4.21. The van der Waals surface area contributed by atoms with Crippen LogP contribution in [0.2, 0.25) is 0 Å². The molecule has 2 aromatic heterocycles. The lowest BCUT2D eigenvalue weighted by Crippen LogP contribution is -2.36. The van der Waals surface area contributed by atoms with Crippen molar-refractivity contribution in [2.75, 3.05) is 6.54 Å². The van der Waals surface area contributed by atoms with Crippen molar-refractivity contribution in [2.45, 2.75) is 45.3 Å². The smallest absolute Gasteiger partial charge is 0.343 e. The molecule has 1 saturated carbocycles. The van der Waals surface area contributed by atoms with E-state index in [2.05, 4.69) is 9.97 Å². The molecule has 1 amide bonds. The van der Waals surface area contributed by atoms with Crippen molar-refractivity contribution in [3.8, 4) is 0 Å². The van der Waals surface area contributed by atoms with Gasteiger partial charge >= 0.3 is 11.9 Å². The van der Waals surface area contributed by atoms with Crippen molar-refractivity contribution in [1.82, 2.24) is 19.9 Å². The van der Waals surface area contributed by atoms with Crippen LogP contribution in [-0.2, 0) is 6.54 Å². The Balaban J connectivity index is 2.21. The molecule has 1 aliphatic rings.